The van der Waals surface area contributed by atoms with Gasteiger partial charge in [-0.1, -0.05) is 84.1 Å². The third-order valence-corrected chi connectivity index (χ3v) is 6.75. The minimum atomic E-state index is -0.0149. The number of anilines is 1. The molecule has 0 unspecified atom stereocenters. The van der Waals surface area contributed by atoms with E-state index in [4.69, 9.17) is 4.98 Å². The molecule has 0 aliphatic heterocycles. The number of amides is 1. The number of aryl methyl sites for hydroxylation is 1. The van der Waals surface area contributed by atoms with E-state index in [1.807, 2.05) is 73.7 Å². The largest absolute Gasteiger partial charge is 0.326 e. The molecule has 0 aliphatic rings. The van der Waals surface area contributed by atoms with E-state index >= 15 is 0 Å². The molecule has 4 nitrogen and oxygen atoms in total. The van der Waals surface area contributed by atoms with Crippen LogP contribution in [0.4, 0.5) is 5.69 Å². The number of carbonyl (C=O) groups excluding carboxylic acids is 1. The van der Waals surface area contributed by atoms with E-state index in [1.54, 1.807) is 17.5 Å². The Kier molecular flexibility index (Phi) is 5.96. The van der Waals surface area contributed by atoms with Crippen molar-refractivity contribution in [1.82, 2.24) is 9.97 Å². The monoisotopic (exact) mass is 449 g/mol. The Hall–Kier alpha value is -3.83. The Balaban J connectivity index is 1.40. The van der Waals surface area contributed by atoms with Gasteiger partial charge in [0.25, 0.3) is 0 Å². The lowest BCUT2D eigenvalue weighted by atomic mass is 9.88. The number of nitrogens with zero attached hydrogens (tertiary/aromatic N) is 2. The zero-order valence-corrected chi connectivity index (χ0v) is 19.0. The molecule has 162 valence electrons. The molecule has 2 heterocycles. The summed E-state index contributed by atoms with van der Waals surface area (Å²) in [6, 6.07) is 30.3. The number of hydrogen-bond acceptors (Lipinski definition) is 4. The van der Waals surface area contributed by atoms with Crippen LogP contribution in [0.3, 0.4) is 0 Å². The molecular formula is C28H23N3OS. The second-order valence-electron chi connectivity index (χ2n) is 8.00. The van der Waals surface area contributed by atoms with E-state index in [0.717, 1.165) is 43.3 Å². The highest BCUT2D eigenvalue weighted by Crippen LogP contribution is 2.32. The maximum absolute atomic E-state index is 13.2. The second kappa shape index (κ2) is 9.35. The minimum absolute atomic E-state index is 0.00813. The van der Waals surface area contributed by atoms with Crippen molar-refractivity contribution in [1.29, 1.82) is 0 Å². The van der Waals surface area contributed by atoms with E-state index in [9.17, 15) is 4.79 Å². The van der Waals surface area contributed by atoms with E-state index in [0.29, 0.717) is 6.42 Å². The Morgan fingerprint density at radius 3 is 2.27 bits per heavy atom. The number of hydrogen-bond donors (Lipinski definition) is 1. The molecule has 0 radical (unpaired) electrons. The van der Waals surface area contributed by atoms with Crippen molar-refractivity contribution in [3.63, 3.8) is 0 Å². The average molecular weight is 450 g/mol. The number of rotatable bonds is 6. The third kappa shape index (κ3) is 4.69. The van der Waals surface area contributed by atoms with E-state index < -0.39 is 0 Å². The molecule has 2 aromatic heterocycles. The molecule has 5 heteroatoms. The first-order valence-electron chi connectivity index (χ1n) is 10.9. The fourth-order valence-corrected chi connectivity index (χ4v) is 4.87. The highest BCUT2D eigenvalue weighted by atomic mass is 32.1. The molecule has 0 spiro atoms. The lowest BCUT2D eigenvalue weighted by Crippen LogP contribution is -2.17. The van der Waals surface area contributed by atoms with Gasteiger partial charge in [0.2, 0.25) is 5.91 Å². The van der Waals surface area contributed by atoms with Gasteiger partial charge in [-0.2, -0.15) is 0 Å². The zero-order valence-electron chi connectivity index (χ0n) is 18.2. The van der Waals surface area contributed by atoms with Gasteiger partial charge in [0, 0.05) is 29.8 Å². The van der Waals surface area contributed by atoms with Crippen LogP contribution >= 0.6 is 11.3 Å². The predicted molar refractivity (Wildman–Crippen MR) is 136 cm³/mol. The van der Waals surface area contributed by atoms with Crippen LogP contribution < -0.4 is 5.32 Å². The summed E-state index contributed by atoms with van der Waals surface area (Å²) in [5.74, 6) is -0.0230. The number of nitrogens with one attached hydrogen (secondary N) is 1. The van der Waals surface area contributed by atoms with Crippen LogP contribution in [0.1, 0.15) is 29.0 Å². The van der Waals surface area contributed by atoms with Crippen LogP contribution in [0.25, 0.3) is 20.9 Å². The summed E-state index contributed by atoms with van der Waals surface area (Å²) < 4.78 is 0. The molecule has 0 fully saturated rings. The van der Waals surface area contributed by atoms with Gasteiger partial charge in [-0.05, 0) is 41.8 Å². The summed E-state index contributed by atoms with van der Waals surface area (Å²) in [6.07, 6.45) is 2.14. The van der Waals surface area contributed by atoms with E-state index in [1.165, 1.54) is 0 Å². The Morgan fingerprint density at radius 2 is 1.61 bits per heavy atom. The first-order valence-corrected chi connectivity index (χ1v) is 11.7. The van der Waals surface area contributed by atoms with Crippen molar-refractivity contribution >= 4 is 33.3 Å². The molecule has 5 aromatic rings. The molecule has 0 saturated heterocycles. The number of thiazole rings is 1. The van der Waals surface area contributed by atoms with Crippen LogP contribution in [-0.2, 0) is 4.79 Å². The summed E-state index contributed by atoms with van der Waals surface area (Å²) >= 11 is 1.55. The first-order chi connectivity index (χ1) is 16.2. The summed E-state index contributed by atoms with van der Waals surface area (Å²) in [7, 11) is 0. The van der Waals surface area contributed by atoms with Crippen LogP contribution in [0.2, 0.25) is 0 Å². The summed E-state index contributed by atoms with van der Waals surface area (Å²) in [5, 5.41) is 4.04. The van der Waals surface area contributed by atoms with Gasteiger partial charge < -0.3 is 5.32 Å². The topological polar surface area (TPSA) is 54.9 Å². The van der Waals surface area contributed by atoms with Crippen molar-refractivity contribution in [3.05, 3.63) is 114 Å². The van der Waals surface area contributed by atoms with Crippen LogP contribution in [0, 0.1) is 6.92 Å². The molecule has 33 heavy (non-hydrogen) atoms. The number of fused-ring (bicyclic) bond motifs is 1. The maximum Gasteiger partial charge on any atom is 0.225 e. The van der Waals surface area contributed by atoms with Crippen molar-refractivity contribution < 1.29 is 4.79 Å². The third-order valence-electron chi connectivity index (χ3n) is 5.72. The standard InChI is InChI=1S/C28H23N3OS/c1-19-14-15-22(27-31-24-13-8-16-29-28(24)33-27)17-25(19)30-26(32)18-23(20-9-4-2-5-10-20)21-11-6-3-7-12-21/h2-17,23H,18H2,1H3,(H,30,32). The number of benzene rings is 3. The quantitative estimate of drug-likeness (QED) is 0.309. The lowest BCUT2D eigenvalue weighted by molar-refractivity contribution is -0.116. The molecule has 1 N–H and O–H groups in total. The van der Waals surface area contributed by atoms with Crippen molar-refractivity contribution in [2.45, 2.75) is 19.3 Å². The molecule has 1 amide bonds. The van der Waals surface area contributed by atoms with Gasteiger partial charge in [0.05, 0.1) is 0 Å². The van der Waals surface area contributed by atoms with Gasteiger partial charge >= 0.3 is 0 Å². The lowest BCUT2D eigenvalue weighted by Gasteiger charge is -2.18. The fourth-order valence-electron chi connectivity index (χ4n) is 3.97. The number of aromatic nitrogens is 2. The zero-order chi connectivity index (χ0) is 22.6. The second-order valence-corrected chi connectivity index (χ2v) is 8.98. The van der Waals surface area contributed by atoms with Gasteiger partial charge in [0.15, 0.2) is 0 Å². The van der Waals surface area contributed by atoms with Gasteiger partial charge in [0.1, 0.15) is 15.4 Å². The summed E-state index contributed by atoms with van der Waals surface area (Å²) in [4.78, 5) is 23.2. The molecular weight excluding hydrogens is 426 g/mol. The van der Waals surface area contributed by atoms with Gasteiger partial charge in [-0.25, -0.2) is 9.97 Å². The van der Waals surface area contributed by atoms with Gasteiger partial charge in [-0.15, -0.1) is 0 Å². The van der Waals surface area contributed by atoms with Crippen LogP contribution in [-0.4, -0.2) is 15.9 Å². The Morgan fingerprint density at radius 1 is 0.909 bits per heavy atom. The van der Waals surface area contributed by atoms with E-state index in [-0.39, 0.29) is 11.8 Å². The van der Waals surface area contributed by atoms with Crippen LogP contribution in [0.5, 0.6) is 0 Å². The average Bonchev–Trinajstić information content (AvgIpc) is 3.29. The minimum Gasteiger partial charge on any atom is -0.326 e. The van der Waals surface area contributed by atoms with E-state index in [2.05, 4.69) is 34.6 Å². The van der Waals surface area contributed by atoms with Crippen molar-refractivity contribution in [2.24, 2.45) is 0 Å². The van der Waals surface area contributed by atoms with Gasteiger partial charge in [-0.3, -0.25) is 4.79 Å². The highest BCUT2D eigenvalue weighted by molar-refractivity contribution is 7.21. The smallest absolute Gasteiger partial charge is 0.225 e. The predicted octanol–water partition coefficient (Wildman–Crippen LogP) is 6.83. The SMILES string of the molecule is Cc1ccc(-c2nc3cccnc3s2)cc1NC(=O)CC(c1ccccc1)c1ccccc1. The maximum atomic E-state index is 13.2. The summed E-state index contributed by atoms with van der Waals surface area (Å²) in [6.45, 7) is 2.01. The number of carbonyl (C=O) groups is 1. The van der Waals surface area contributed by atoms with Crippen molar-refractivity contribution in [2.75, 3.05) is 5.32 Å². The molecule has 0 aliphatic carbocycles. The normalized spacial score (nSPS) is 11.1. The first kappa shape index (κ1) is 21.0. The molecule has 0 saturated carbocycles. The Bertz CT molecular complexity index is 1320. The van der Waals surface area contributed by atoms with Crippen molar-refractivity contribution in [3.8, 4) is 10.6 Å². The summed E-state index contributed by atoms with van der Waals surface area (Å²) in [5.41, 5.74) is 5.95. The molecule has 5 rings (SSSR count). The highest BCUT2D eigenvalue weighted by Gasteiger charge is 2.19. The molecule has 0 atom stereocenters. The Labute approximate surface area is 197 Å². The number of pyridine rings is 1. The van der Waals surface area contributed by atoms with Crippen LogP contribution in [0.15, 0.2) is 97.2 Å². The molecule has 0 bridgehead atoms. The fraction of sp³-hybridized carbons (Fsp3) is 0.107. The molecule has 3 aromatic carbocycles.